The lowest BCUT2D eigenvalue weighted by molar-refractivity contribution is 0.604. The van der Waals surface area contributed by atoms with E-state index in [9.17, 15) is 0 Å². The minimum atomic E-state index is -1.22. The monoisotopic (exact) mass is 174 g/mol. The van der Waals surface area contributed by atoms with E-state index in [1.807, 2.05) is 0 Å². The van der Waals surface area contributed by atoms with Gasteiger partial charge in [0.05, 0.1) is 0 Å². The maximum atomic E-state index is 5.79. The number of hydrogen-bond donors (Lipinski definition) is 0. The molecular formula is C7H18OSi2. The minimum Gasteiger partial charge on any atom is -0.457 e. The zero-order valence-corrected chi connectivity index (χ0v) is 10.1. The minimum absolute atomic E-state index is 0.346. The van der Waals surface area contributed by atoms with Crippen LogP contribution < -0.4 is 0 Å². The van der Waals surface area contributed by atoms with Gasteiger partial charge in [-0.3, -0.25) is 0 Å². The molecule has 0 saturated heterocycles. The maximum Gasteiger partial charge on any atom is 0.174 e. The Bertz CT molecular complexity index is 124. The Balaban J connectivity index is 3.56. The summed E-state index contributed by atoms with van der Waals surface area (Å²) in [4.78, 5) is 0. The first-order valence-corrected chi connectivity index (χ1v) is 8.41. The average Bonchev–Trinajstić information content (AvgIpc) is 1.81. The van der Waals surface area contributed by atoms with Crippen LogP contribution in [-0.4, -0.2) is 18.1 Å². The van der Waals surface area contributed by atoms with E-state index in [0.717, 1.165) is 0 Å². The molecule has 0 spiro atoms. The lowest BCUT2D eigenvalue weighted by atomic mass is 10.6. The smallest absolute Gasteiger partial charge is 0.174 e. The standard InChI is InChI=1S/C7H18OSi2/c1-6-7(2)9-8-10(3,4)5/h6H,9H2,1-5H3. The van der Waals surface area contributed by atoms with E-state index in [1.165, 1.54) is 5.20 Å². The van der Waals surface area contributed by atoms with Crippen LogP contribution in [0, 0.1) is 0 Å². The van der Waals surface area contributed by atoms with Crippen molar-refractivity contribution in [3.63, 3.8) is 0 Å². The highest BCUT2D eigenvalue weighted by Crippen LogP contribution is 2.03. The summed E-state index contributed by atoms with van der Waals surface area (Å²) in [5.41, 5.74) is 0. The number of hydrogen-bond acceptors (Lipinski definition) is 1. The summed E-state index contributed by atoms with van der Waals surface area (Å²) < 4.78 is 5.79. The van der Waals surface area contributed by atoms with Gasteiger partial charge in [-0.05, 0) is 33.5 Å². The third-order valence-corrected chi connectivity index (χ3v) is 6.13. The summed E-state index contributed by atoms with van der Waals surface area (Å²) in [6.45, 7) is 11.0. The van der Waals surface area contributed by atoms with Crippen LogP contribution in [0.5, 0.6) is 0 Å². The molecule has 0 bridgehead atoms. The first-order valence-electron chi connectivity index (χ1n) is 3.71. The molecule has 0 aromatic carbocycles. The highest BCUT2D eigenvalue weighted by Gasteiger charge is 2.12. The first kappa shape index (κ1) is 10.1. The molecule has 0 amide bonds. The predicted molar refractivity (Wildman–Crippen MR) is 52.4 cm³/mol. The van der Waals surface area contributed by atoms with Gasteiger partial charge >= 0.3 is 0 Å². The van der Waals surface area contributed by atoms with Gasteiger partial charge in [-0.1, -0.05) is 11.3 Å². The lowest BCUT2D eigenvalue weighted by Crippen LogP contribution is -2.27. The molecule has 1 nitrogen and oxygen atoms in total. The van der Waals surface area contributed by atoms with Gasteiger partial charge in [0.2, 0.25) is 0 Å². The Kier molecular flexibility index (Phi) is 4.16. The Morgan fingerprint density at radius 3 is 2.20 bits per heavy atom. The molecule has 0 atom stereocenters. The molecule has 0 aliphatic heterocycles. The molecule has 0 N–H and O–H groups in total. The van der Waals surface area contributed by atoms with Crippen molar-refractivity contribution in [3.05, 3.63) is 11.3 Å². The van der Waals surface area contributed by atoms with Gasteiger partial charge in [-0.2, -0.15) is 0 Å². The Hall–Kier alpha value is 0.134. The van der Waals surface area contributed by atoms with E-state index in [-0.39, 0.29) is 9.76 Å². The van der Waals surface area contributed by atoms with Crippen molar-refractivity contribution in [2.45, 2.75) is 33.5 Å². The van der Waals surface area contributed by atoms with Crippen molar-refractivity contribution in [2.75, 3.05) is 0 Å². The van der Waals surface area contributed by atoms with E-state index in [0.29, 0.717) is 0 Å². The molecule has 0 fully saturated rings. The van der Waals surface area contributed by atoms with Crippen molar-refractivity contribution < 1.29 is 4.12 Å². The fourth-order valence-electron chi connectivity index (χ4n) is 0.414. The summed E-state index contributed by atoms with van der Waals surface area (Å²) in [6.07, 6.45) is 2.16. The highest BCUT2D eigenvalue weighted by molar-refractivity contribution is 6.74. The van der Waals surface area contributed by atoms with E-state index in [4.69, 9.17) is 4.12 Å². The van der Waals surface area contributed by atoms with Crippen LogP contribution in [0.15, 0.2) is 11.3 Å². The highest BCUT2D eigenvalue weighted by atomic mass is 28.4. The van der Waals surface area contributed by atoms with Gasteiger partial charge < -0.3 is 4.12 Å². The molecule has 0 aliphatic rings. The van der Waals surface area contributed by atoms with Crippen LogP contribution in [-0.2, 0) is 4.12 Å². The molecule has 60 valence electrons. The number of rotatable bonds is 3. The van der Waals surface area contributed by atoms with Gasteiger partial charge in [-0.25, -0.2) is 0 Å². The Labute approximate surface area is 67.6 Å². The molecule has 10 heavy (non-hydrogen) atoms. The summed E-state index contributed by atoms with van der Waals surface area (Å²) in [6, 6.07) is 0. The predicted octanol–water partition coefficient (Wildman–Crippen LogP) is 1.85. The molecule has 0 unspecified atom stereocenters. The van der Waals surface area contributed by atoms with Gasteiger partial charge in [0.1, 0.15) is 0 Å². The topological polar surface area (TPSA) is 9.23 Å². The van der Waals surface area contributed by atoms with E-state index in [1.54, 1.807) is 0 Å². The van der Waals surface area contributed by atoms with Gasteiger partial charge in [0.15, 0.2) is 18.1 Å². The van der Waals surface area contributed by atoms with Crippen molar-refractivity contribution in [1.29, 1.82) is 0 Å². The second-order valence-corrected chi connectivity index (χ2v) is 10.3. The molecule has 0 aromatic heterocycles. The van der Waals surface area contributed by atoms with Gasteiger partial charge in [0, 0.05) is 0 Å². The molecule has 0 heterocycles. The third kappa shape index (κ3) is 6.26. The van der Waals surface area contributed by atoms with Crippen molar-refractivity contribution in [2.24, 2.45) is 0 Å². The maximum absolute atomic E-state index is 5.79. The summed E-state index contributed by atoms with van der Waals surface area (Å²) in [5.74, 6) is 0. The Morgan fingerprint density at radius 2 is 1.90 bits per heavy atom. The van der Waals surface area contributed by atoms with E-state index < -0.39 is 8.32 Å². The van der Waals surface area contributed by atoms with Gasteiger partial charge in [0.25, 0.3) is 0 Å². The fourth-order valence-corrected chi connectivity index (χ4v) is 3.22. The van der Waals surface area contributed by atoms with Crippen LogP contribution >= 0.6 is 0 Å². The second kappa shape index (κ2) is 4.10. The summed E-state index contributed by atoms with van der Waals surface area (Å²) in [5, 5.41) is 1.46. The molecular weight excluding hydrogens is 156 g/mol. The SMILES string of the molecule is CC=C(C)[SiH2]O[Si](C)(C)C. The average molecular weight is 174 g/mol. The van der Waals surface area contributed by atoms with Crippen LogP contribution in [0.25, 0.3) is 0 Å². The van der Waals surface area contributed by atoms with Crippen LogP contribution in [0.2, 0.25) is 19.6 Å². The quantitative estimate of drug-likeness (QED) is 0.593. The molecule has 3 heteroatoms. The fraction of sp³-hybridized carbons (Fsp3) is 0.714. The van der Waals surface area contributed by atoms with Crippen molar-refractivity contribution >= 4 is 18.1 Å². The Morgan fingerprint density at radius 1 is 1.40 bits per heavy atom. The second-order valence-electron chi connectivity index (χ2n) is 3.54. The molecule has 0 rings (SSSR count). The molecule has 0 aliphatic carbocycles. The largest absolute Gasteiger partial charge is 0.457 e. The number of allylic oxidation sites excluding steroid dienone is 2. The van der Waals surface area contributed by atoms with Gasteiger partial charge in [-0.15, -0.1) is 0 Å². The van der Waals surface area contributed by atoms with Crippen LogP contribution in [0.1, 0.15) is 13.8 Å². The lowest BCUT2D eigenvalue weighted by Gasteiger charge is -2.17. The zero-order valence-electron chi connectivity index (χ0n) is 7.69. The third-order valence-electron chi connectivity index (χ3n) is 1.23. The summed E-state index contributed by atoms with van der Waals surface area (Å²) >= 11 is 0. The molecule has 0 aromatic rings. The van der Waals surface area contributed by atoms with Crippen LogP contribution in [0.4, 0.5) is 0 Å². The molecule has 0 saturated carbocycles. The summed E-state index contributed by atoms with van der Waals surface area (Å²) in [7, 11) is -1.56. The zero-order chi connectivity index (χ0) is 8.20. The van der Waals surface area contributed by atoms with Crippen molar-refractivity contribution in [1.82, 2.24) is 0 Å². The van der Waals surface area contributed by atoms with E-state index in [2.05, 4.69) is 39.6 Å². The van der Waals surface area contributed by atoms with Crippen LogP contribution in [0.3, 0.4) is 0 Å². The van der Waals surface area contributed by atoms with Crippen molar-refractivity contribution in [3.8, 4) is 0 Å². The first-order chi connectivity index (χ1) is 4.45. The molecule has 0 radical (unpaired) electrons. The normalized spacial score (nSPS) is 15.1. The van der Waals surface area contributed by atoms with E-state index >= 15 is 0 Å².